The average molecular weight is 408 g/mol. The van der Waals surface area contributed by atoms with Gasteiger partial charge < -0.3 is 9.15 Å². The van der Waals surface area contributed by atoms with Gasteiger partial charge in [-0.25, -0.2) is 4.79 Å². The molecule has 0 saturated heterocycles. The van der Waals surface area contributed by atoms with Crippen LogP contribution in [0.3, 0.4) is 0 Å². The van der Waals surface area contributed by atoms with Crippen molar-refractivity contribution in [1.82, 2.24) is 20.2 Å². The Labute approximate surface area is 171 Å². The zero-order chi connectivity index (χ0) is 20.4. The first-order valence-corrected chi connectivity index (χ1v) is 10.2. The number of hydrogen-bond acceptors (Lipinski definition) is 7. The van der Waals surface area contributed by atoms with Gasteiger partial charge in [-0.3, -0.25) is 0 Å². The van der Waals surface area contributed by atoms with Gasteiger partial charge in [-0.15, -0.1) is 5.10 Å². The summed E-state index contributed by atoms with van der Waals surface area (Å²) in [5.41, 5.74) is 4.10. The largest absolute Gasteiger partial charge is 0.494 e. The molecule has 8 heteroatoms. The van der Waals surface area contributed by atoms with Crippen LogP contribution in [0.25, 0.3) is 16.7 Å². The number of ether oxygens (including phenoxy) is 1. The van der Waals surface area contributed by atoms with Crippen molar-refractivity contribution in [3.8, 4) is 11.4 Å². The van der Waals surface area contributed by atoms with E-state index >= 15 is 0 Å². The smallest absolute Gasteiger partial charge is 0.336 e. The minimum atomic E-state index is -0.360. The number of nitrogens with zero attached hydrogens (tertiary/aromatic N) is 4. The van der Waals surface area contributed by atoms with Gasteiger partial charge in [0.15, 0.2) is 0 Å². The van der Waals surface area contributed by atoms with Gasteiger partial charge in [0.05, 0.1) is 7.11 Å². The van der Waals surface area contributed by atoms with E-state index in [1.165, 1.54) is 17.8 Å². The van der Waals surface area contributed by atoms with E-state index in [1.807, 2.05) is 37.3 Å². The summed E-state index contributed by atoms with van der Waals surface area (Å²) >= 11 is 1.45. The highest BCUT2D eigenvalue weighted by atomic mass is 32.2. The van der Waals surface area contributed by atoms with E-state index in [0.29, 0.717) is 22.2 Å². The van der Waals surface area contributed by atoms with E-state index in [-0.39, 0.29) is 5.63 Å². The van der Waals surface area contributed by atoms with Crippen LogP contribution in [0.15, 0.2) is 56.8 Å². The lowest BCUT2D eigenvalue weighted by Gasteiger charge is -2.10. The molecule has 0 saturated carbocycles. The first-order valence-electron chi connectivity index (χ1n) is 9.21. The summed E-state index contributed by atoms with van der Waals surface area (Å²) in [4.78, 5) is 12.0. The van der Waals surface area contributed by atoms with Gasteiger partial charge in [0.1, 0.15) is 17.0 Å². The molecule has 4 rings (SSSR count). The van der Waals surface area contributed by atoms with Crippen molar-refractivity contribution in [3.05, 3.63) is 69.6 Å². The van der Waals surface area contributed by atoms with Crippen LogP contribution in [0.5, 0.6) is 5.75 Å². The molecule has 2 aromatic carbocycles. The zero-order valence-corrected chi connectivity index (χ0v) is 17.2. The standard InChI is InChI=1S/C21H20N4O3S/c1-4-14-6-7-16-15(11-20(26)28-19(16)10-14)12-29-21-22-23-24-25(21)17-9-13(2)5-8-18(17)27-3/h5-11H,4,12H2,1-3H3. The van der Waals surface area contributed by atoms with E-state index in [9.17, 15) is 4.79 Å². The summed E-state index contributed by atoms with van der Waals surface area (Å²) in [6.45, 7) is 4.07. The second-order valence-electron chi connectivity index (χ2n) is 6.61. The number of methoxy groups -OCH3 is 1. The molecule has 0 fully saturated rings. The van der Waals surface area contributed by atoms with Crippen LogP contribution in [-0.4, -0.2) is 27.3 Å². The second kappa shape index (κ2) is 8.08. The highest BCUT2D eigenvalue weighted by Crippen LogP contribution is 2.30. The molecule has 0 bridgehead atoms. The Morgan fingerprint density at radius 3 is 2.83 bits per heavy atom. The van der Waals surface area contributed by atoms with Crippen molar-refractivity contribution in [2.24, 2.45) is 0 Å². The van der Waals surface area contributed by atoms with Crippen LogP contribution >= 0.6 is 11.8 Å². The molecule has 0 aliphatic rings. The normalized spacial score (nSPS) is 11.1. The summed E-state index contributed by atoms with van der Waals surface area (Å²) in [5.74, 6) is 1.21. The zero-order valence-electron chi connectivity index (χ0n) is 16.4. The molecule has 0 aliphatic heterocycles. The highest BCUT2D eigenvalue weighted by Gasteiger charge is 2.15. The molecular weight excluding hydrogens is 388 g/mol. The monoisotopic (exact) mass is 408 g/mol. The Morgan fingerprint density at radius 1 is 1.17 bits per heavy atom. The third kappa shape index (κ3) is 3.88. The fraction of sp³-hybridized carbons (Fsp3) is 0.238. The lowest BCUT2D eigenvalue weighted by molar-refractivity contribution is 0.410. The number of tetrazole rings is 1. The molecular formula is C21H20N4O3S. The lowest BCUT2D eigenvalue weighted by atomic mass is 10.1. The van der Waals surface area contributed by atoms with Crippen LogP contribution < -0.4 is 10.4 Å². The van der Waals surface area contributed by atoms with Gasteiger partial charge in [0.25, 0.3) is 0 Å². The van der Waals surface area contributed by atoms with Gasteiger partial charge in [0.2, 0.25) is 5.16 Å². The molecule has 0 N–H and O–H groups in total. The summed E-state index contributed by atoms with van der Waals surface area (Å²) in [6.07, 6.45) is 0.881. The van der Waals surface area contributed by atoms with Crippen molar-refractivity contribution in [3.63, 3.8) is 0 Å². The molecule has 7 nitrogen and oxygen atoms in total. The minimum absolute atomic E-state index is 0.360. The van der Waals surface area contributed by atoms with Gasteiger partial charge in [-0.1, -0.05) is 36.9 Å². The van der Waals surface area contributed by atoms with Crippen molar-refractivity contribution in [1.29, 1.82) is 0 Å². The van der Waals surface area contributed by atoms with Crippen molar-refractivity contribution >= 4 is 22.7 Å². The van der Waals surface area contributed by atoms with Crippen LogP contribution in [-0.2, 0) is 12.2 Å². The maximum atomic E-state index is 12.0. The summed E-state index contributed by atoms with van der Waals surface area (Å²) < 4.78 is 12.5. The second-order valence-corrected chi connectivity index (χ2v) is 7.55. The molecule has 0 unspecified atom stereocenters. The van der Waals surface area contributed by atoms with Gasteiger partial charge in [0, 0.05) is 17.2 Å². The molecule has 0 atom stereocenters. The predicted molar refractivity (Wildman–Crippen MR) is 112 cm³/mol. The van der Waals surface area contributed by atoms with Crippen LogP contribution in [0.2, 0.25) is 0 Å². The van der Waals surface area contributed by atoms with Crippen LogP contribution in [0.4, 0.5) is 0 Å². The highest BCUT2D eigenvalue weighted by molar-refractivity contribution is 7.98. The Balaban J connectivity index is 1.68. The number of aryl methyl sites for hydroxylation is 2. The molecule has 4 aromatic rings. The SMILES string of the molecule is CCc1ccc2c(CSc3nnnn3-c3cc(C)ccc3OC)cc(=O)oc2c1. The number of aromatic nitrogens is 4. The van der Waals surface area contributed by atoms with Crippen molar-refractivity contribution < 1.29 is 9.15 Å². The molecule has 0 amide bonds. The summed E-state index contributed by atoms with van der Waals surface area (Å²) in [6, 6.07) is 13.3. The van der Waals surface area contributed by atoms with Gasteiger partial charge in [-0.2, -0.15) is 4.68 Å². The van der Waals surface area contributed by atoms with E-state index in [1.54, 1.807) is 11.8 Å². The quantitative estimate of drug-likeness (QED) is 0.353. The van der Waals surface area contributed by atoms with Crippen LogP contribution in [0, 0.1) is 6.92 Å². The predicted octanol–water partition coefficient (Wildman–Crippen LogP) is 3.94. The fourth-order valence-corrected chi connectivity index (χ4v) is 4.02. The summed E-state index contributed by atoms with van der Waals surface area (Å²) in [5, 5.41) is 13.6. The topological polar surface area (TPSA) is 83.0 Å². The number of benzene rings is 2. The Bertz CT molecular complexity index is 1230. The van der Waals surface area contributed by atoms with E-state index in [2.05, 4.69) is 28.5 Å². The third-order valence-electron chi connectivity index (χ3n) is 4.66. The van der Waals surface area contributed by atoms with Crippen LogP contribution in [0.1, 0.15) is 23.6 Å². The third-order valence-corrected chi connectivity index (χ3v) is 5.63. The average Bonchev–Trinajstić information content (AvgIpc) is 3.19. The Hall–Kier alpha value is -3.13. The maximum absolute atomic E-state index is 12.0. The number of fused-ring (bicyclic) bond motifs is 1. The molecule has 29 heavy (non-hydrogen) atoms. The lowest BCUT2D eigenvalue weighted by Crippen LogP contribution is -2.03. The molecule has 148 valence electrons. The molecule has 0 spiro atoms. The number of rotatable bonds is 6. The number of thioether (sulfide) groups is 1. The number of hydrogen-bond donors (Lipinski definition) is 0. The van der Waals surface area contributed by atoms with Gasteiger partial charge >= 0.3 is 5.63 Å². The first-order chi connectivity index (χ1) is 14.1. The van der Waals surface area contributed by atoms with E-state index in [0.717, 1.165) is 34.2 Å². The Kier molecular flexibility index (Phi) is 5.35. The molecule has 0 radical (unpaired) electrons. The van der Waals surface area contributed by atoms with Crippen molar-refractivity contribution in [2.45, 2.75) is 31.2 Å². The molecule has 0 aliphatic carbocycles. The molecule has 2 aromatic heterocycles. The van der Waals surface area contributed by atoms with Crippen molar-refractivity contribution in [2.75, 3.05) is 7.11 Å². The minimum Gasteiger partial charge on any atom is -0.494 e. The maximum Gasteiger partial charge on any atom is 0.336 e. The van der Waals surface area contributed by atoms with E-state index < -0.39 is 0 Å². The fourth-order valence-electron chi connectivity index (χ4n) is 3.14. The van der Waals surface area contributed by atoms with E-state index in [4.69, 9.17) is 9.15 Å². The van der Waals surface area contributed by atoms with Gasteiger partial charge in [-0.05, 0) is 58.7 Å². The Morgan fingerprint density at radius 2 is 2.03 bits per heavy atom. The molecule has 2 heterocycles. The first kappa shape index (κ1) is 19.2. The summed E-state index contributed by atoms with van der Waals surface area (Å²) in [7, 11) is 1.62.